The van der Waals surface area contributed by atoms with E-state index < -0.39 is 0 Å². The topological polar surface area (TPSA) is 84.3 Å². The average molecular weight is 404 g/mol. The Labute approximate surface area is 174 Å². The summed E-state index contributed by atoms with van der Waals surface area (Å²) in [4.78, 5) is 43.2. The third-order valence-electron chi connectivity index (χ3n) is 5.42. The Morgan fingerprint density at radius 3 is 2.67 bits per heavy atom. The first-order valence-electron chi connectivity index (χ1n) is 10.2. The third-order valence-corrected chi connectivity index (χ3v) is 5.42. The normalized spacial score (nSPS) is 13.1. The molecule has 3 aromatic rings. The molecule has 1 aliphatic rings. The highest BCUT2D eigenvalue weighted by Gasteiger charge is 2.19. The van der Waals surface area contributed by atoms with Crippen LogP contribution in [0.1, 0.15) is 24.0 Å². The lowest BCUT2D eigenvalue weighted by Crippen LogP contribution is -2.36. The summed E-state index contributed by atoms with van der Waals surface area (Å²) in [6, 6.07) is 15.3. The zero-order chi connectivity index (χ0) is 20.9. The molecule has 1 aliphatic heterocycles. The third kappa shape index (κ3) is 4.40. The molecule has 154 valence electrons. The highest BCUT2D eigenvalue weighted by atomic mass is 16.2. The largest absolute Gasteiger partial charge is 0.355 e. The number of para-hydroxylation sites is 1. The minimum atomic E-state index is -0.270. The van der Waals surface area contributed by atoms with Crippen LogP contribution < -0.4 is 10.9 Å². The summed E-state index contributed by atoms with van der Waals surface area (Å²) in [6.45, 7) is 1.69. The molecule has 2 heterocycles. The Balaban J connectivity index is 1.23. The Kier molecular flexibility index (Phi) is 5.88. The minimum Gasteiger partial charge on any atom is -0.355 e. The molecule has 0 radical (unpaired) electrons. The molecule has 0 bridgehead atoms. The number of carbonyl (C=O) groups excluding carboxylic acids is 2. The number of nitrogens with zero attached hydrogens (tertiary/aromatic N) is 3. The standard InChI is InChI=1S/C23H24N4O3/c28-21(15-27-16-25-20-9-4-3-8-19(20)23(27)30)24-12-5-10-22(29)26-13-11-17-6-1-2-7-18(17)14-26/h1-4,6-9,16H,5,10-15H2,(H,24,28). The van der Waals surface area contributed by atoms with Gasteiger partial charge in [-0.2, -0.15) is 0 Å². The molecule has 0 spiro atoms. The van der Waals surface area contributed by atoms with E-state index in [4.69, 9.17) is 0 Å². The maximum absolute atomic E-state index is 12.5. The van der Waals surface area contributed by atoms with Gasteiger partial charge in [0.1, 0.15) is 6.54 Å². The summed E-state index contributed by atoms with van der Waals surface area (Å²) < 4.78 is 1.30. The van der Waals surface area contributed by atoms with E-state index >= 15 is 0 Å². The van der Waals surface area contributed by atoms with Crippen LogP contribution in [0.5, 0.6) is 0 Å². The van der Waals surface area contributed by atoms with Gasteiger partial charge in [-0.1, -0.05) is 36.4 Å². The number of carbonyl (C=O) groups is 2. The molecular weight excluding hydrogens is 380 g/mol. The number of aromatic nitrogens is 2. The van der Waals surface area contributed by atoms with Gasteiger partial charge in [0, 0.05) is 26.1 Å². The summed E-state index contributed by atoms with van der Waals surface area (Å²) >= 11 is 0. The summed E-state index contributed by atoms with van der Waals surface area (Å²) in [7, 11) is 0. The fourth-order valence-electron chi connectivity index (χ4n) is 3.76. The zero-order valence-corrected chi connectivity index (χ0v) is 16.7. The molecular formula is C23H24N4O3. The summed E-state index contributed by atoms with van der Waals surface area (Å²) in [5.74, 6) is -0.165. The van der Waals surface area contributed by atoms with Crippen molar-refractivity contribution < 1.29 is 9.59 Å². The van der Waals surface area contributed by atoms with Gasteiger partial charge in [-0.25, -0.2) is 4.98 Å². The van der Waals surface area contributed by atoms with E-state index in [1.54, 1.807) is 18.2 Å². The van der Waals surface area contributed by atoms with Crippen LogP contribution in [0.2, 0.25) is 0 Å². The molecule has 7 heteroatoms. The van der Waals surface area contributed by atoms with E-state index in [9.17, 15) is 14.4 Å². The fraction of sp³-hybridized carbons (Fsp3) is 0.304. The van der Waals surface area contributed by atoms with E-state index in [0.29, 0.717) is 36.8 Å². The fourth-order valence-corrected chi connectivity index (χ4v) is 3.76. The Morgan fingerprint density at radius 2 is 1.80 bits per heavy atom. The smallest absolute Gasteiger partial charge is 0.261 e. The van der Waals surface area contributed by atoms with Gasteiger partial charge in [0.2, 0.25) is 11.8 Å². The Morgan fingerprint density at radius 1 is 1.03 bits per heavy atom. The average Bonchev–Trinajstić information content (AvgIpc) is 2.78. The highest BCUT2D eigenvalue weighted by Crippen LogP contribution is 2.19. The number of rotatable bonds is 6. The van der Waals surface area contributed by atoms with Crippen LogP contribution in [0.25, 0.3) is 10.9 Å². The molecule has 7 nitrogen and oxygen atoms in total. The molecule has 0 unspecified atom stereocenters. The highest BCUT2D eigenvalue weighted by molar-refractivity contribution is 5.79. The second-order valence-electron chi connectivity index (χ2n) is 7.48. The van der Waals surface area contributed by atoms with E-state index in [0.717, 1.165) is 13.0 Å². The zero-order valence-electron chi connectivity index (χ0n) is 16.7. The van der Waals surface area contributed by atoms with Crippen LogP contribution in [-0.4, -0.2) is 39.4 Å². The van der Waals surface area contributed by atoms with Gasteiger partial charge in [0.25, 0.3) is 5.56 Å². The predicted molar refractivity (Wildman–Crippen MR) is 114 cm³/mol. The van der Waals surface area contributed by atoms with Gasteiger partial charge in [0.05, 0.1) is 17.2 Å². The SMILES string of the molecule is O=C(Cn1cnc2ccccc2c1=O)NCCCC(=O)N1CCc2ccccc2C1. The van der Waals surface area contributed by atoms with Gasteiger partial charge in [-0.15, -0.1) is 0 Å². The molecule has 0 saturated heterocycles. The monoisotopic (exact) mass is 404 g/mol. The van der Waals surface area contributed by atoms with Crippen molar-refractivity contribution in [3.63, 3.8) is 0 Å². The lowest BCUT2D eigenvalue weighted by atomic mass is 9.99. The second-order valence-corrected chi connectivity index (χ2v) is 7.48. The molecule has 0 aliphatic carbocycles. The molecule has 2 amide bonds. The molecule has 30 heavy (non-hydrogen) atoms. The molecule has 4 rings (SSSR count). The van der Waals surface area contributed by atoms with E-state index in [1.807, 2.05) is 23.1 Å². The lowest BCUT2D eigenvalue weighted by molar-refractivity contribution is -0.132. The van der Waals surface area contributed by atoms with Crippen molar-refractivity contribution in [1.82, 2.24) is 19.8 Å². The van der Waals surface area contributed by atoms with Gasteiger partial charge in [-0.05, 0) is 36.1 Å². The van der Waals surface area contributed by atoms with Crippen LogP contribution in [0.3, 0.4) is 0 Å². The maximum Gasteiger partial charge on any atom is 0.261 e. The van der Waals surface area contributed by atoms with Gasteiger partial charge >= 0.3 is 0 Å². The predicted octanol–water partition coefficient (Wildman–Crippen LogP) is 1.88. The molecule has 0 atom stereocenters. The molecule has 0 fully saturated rings. The van der Waals surface area contributed by atoms with Crippen molar-refractivity contribution in [2.24, 2.45) is 0 Å². The number of fused-ring (bicyclic) bond motifs is 2. The van der Waals surface area contributed by atoms with Crippen LogP contribution in [0.15, 0.2) is 59.7 Å². The quantitative estimate of drug-likeness (QED) is 0.636. The van der Waals surface area contributed by atoms with Crippen molar-refractivity contribution in [2.75, 3.05) is 13.1 Å². The van der Waals surface area contributed by atoms with Crippen molar-refractivity contribution in [3.8, 4) is 0 Å². The van der Waals surface area contributed by atoms with Gasteiger partial charge < -0.3 is 10.2 Å². The van der Waals surface area contributed by atoms with E-state index in [1.165, 1.54) is 22.0 Å². The minimum absolute atomic E-state index is 0.0898. The van der Waals surface area contributed by atoms with Gasteiger partial charge in [0.15, 0.2) is 0 Å². The molecule has 1 aromatic heterocycles. The van der Waals surface area contributed by atoms with Crippen molar-refractivity contribution in [3.05, 3.63) is 76.3 Å². The van der Waals surface area contributed by atoms with Crippen molar-refractivity contribution in [2.45, 2.75) is 32.4 Å². The summed E-state index contributed by atoms with van der Waals surface area (Å²) in [5.41, 5.74) is 2.89. The number of amides is 2. The first-order valence-corrected chi connectivity index (χ1v) is 10.2. The van der Waals surface area contributed by atoms with Crippen LogP contribution >= 0.6 is 0 Å². The van der Waals surface area contributed by atoms with Crippen LogP contribution in [-0.2, 0) is 29.1 Å². The Hall–Kier alpha value is -3.48. The molecule has 2 aromatic carbocycles. The first-order chi connectivity index (χ1) is 14.6. The number of benzene rings is 2. The van der Waals surface area contributed by atoms with Crippen molar-refractivity contribution in [1.29, 1.82) is 0 Å². The van der Waals surface area contributed by atoms with Gasteiger partial charge in [-0.3, -0.25) is 19.0 Å². The number of hydrogen-bond acceptors (Lipinski definition) is 4. The molecule has 0 saturated carbocycles. The maximum atomic E-state index is 12.5. The van der Waals surface area contributed by atoms with Crippen molar-refractivity contribution >= 4 is 22.7 Å². The Bertz CT molecular complexity index is 1140. The molecule has 1 N–H and O–H groups in total. The second kappa shape index (κ2) is 8.90. The van der Waals surface area contributed by atoms with Crippen LogP contribution in [0.4, 0.5) is 0 Å². The summed E-state index contributed by atoms with van der Waals surface area (Å²) in [5, 5.41) is 3.27. The van der Waals surface area contributed by atoms with E-state index in [-0.39, 0.29) is 23.9 Å². The number of hydrogen-bond donors (Lipinski definition) is 1. The van der Waals surface area contributed by atoms with Crippen LogP contribution in [0, 0.1) is 0 Å². The lowest BCUT2D eigenvalue weighted by Gasteiger charge is -2.29. The van der Waals surface area contributed by atoms with E-state index in [2.05, 4.69) is 22.4 Å². The first kappa shape index (κ1) is 19.8. The summed E-state index contributed by atoms with van der Waals surface area (Å²) in [6.07, 6.45) is 3.22. The number of nitrogens with one attached hydrogen (secondary N) is 1.